The van der Waals surface area contributed by atoms with E-state index in [9.17, 15) is 0 Å². The van der Waals surface area contributed by atoms with Gasteiger partial charge in [-0.1, -0.05) is 30.3 Å². The number of fused-ring (bicyclic) bond motifs is 1. The Hall–Kier alpha value is -2.82. The van der Waals surface area contributed by atoms with Crippen molar-refractivity contribution in [3.05, 3.63) is 54.2 Å². The molecule has 1 atom stereocenters. The normalized spacial score (nSPS) is 12.0. The standard InChI is InChI=1S/C18H19N3O2/c1-12(13-7-5-4-6-8-13)20-18-11-19-14-9-16(22-2)17(23-3)10-15(14)21-18/h4-12H,1-3H3,(H,20,21). The summed E-state index contributed by atoms with van der Waals surface area (Å²) in [6, 6.07) is 14.0. The van der Waals surface area contributed by atoms with Crippen molar-refractivity contribution >= 4 is 16.9 Å². The molecule has 0 aliphatic rings. The molecule has 0 spiro atoms. The molecule has 23 heavy (non-hydrogen) atoms. The molecule has 1 unspecified atom stereocenters. The molecule has 0 bridgehead atoms. The Bertz CT molecular complexity index is 806. The first kappa shape index (κ1) is 15.1. The van der Waals surface area contributed by atoms with Crippen LogP contribution in [0.5, 0.6) is 11.5 Å². The van der Waals surface area contributed by atoms with Gasteiger partial charge in [0, 0.05) is 18.2 Å². The van der Waals surface area contributed by atoms with Crippen molar-refractivity contribution in [2.75, 3.05) is 19.5 Å². The van der Waals surface area contributed by atoms with E-state index in [-0.39, 0.29) is 6.04 Å². The maximum absolute atomic E-state index is 5.32. The monoisotopic (exact) mass is 309 g/mol. The van der Waals surface area contributed by atoms with Crippen LogP contribution in [0.15, 0.2) is 48.7 Å². The van der Waals surface area contributed by atoms with Gasteiger partial charge in [-0.2, -0.15) is 0 Å². The third-order valence-electron chi connectivity index (χ3n) is 3.71. The highest BCUT2D eigenvalue weighted by Crippen LogP contribution is 2.31. The lowest BCUT2D eigenvalue weighted by Crippen LogP contribution is -2.08. The summed E-state index contributed by atoms with van der Waals surface area (Å²) in [5.41, 5.74) is 2.72. The van der Waals surface area contributed by atoms with Gasteiger partial charge >= 0.3 is 0 Å². The molecule has 1 heterocycles. The smallest absolute Gasteiger partial charge is 0.163 e. The maximum atomic E-state index is 5.32. The van der Waals surface area contributed by atoms with Crippen LogP contribution in [0.2, 0.25) is 0 Å². The van der Waals surface area contributed by atoms with Crippen LogP contribution in [0.3, 0.4) is 0 Å². The molecule has 2 aromatic carbocycles. The van der Waals surface area contributed by atoms with Crippen molar-refractivity contribution in [2.24, 2.45) is 0 Å². The van der Waals surface area contributed by atoms with Crippen molar-refractivity contribution in [1.82, 2.24) is 9.97 Å². The minimum Gasteiger partial charge on any atom is -0.493 e. The fourth-order valence-corrected chi connectivity index (χ4v) is 2.46. The number of aromatic nitrogens is 2. The molecule has 0 aliphatic carbocycles. The summed E-state index contributed by atoms with van der Waals surface area (Å²) in [6.45, 7) is 2.09. The van der Waals surface area contributed by atoms with E-state index >= 15 is 0 Å². The lowest BCUT2D eigenvalue weighted by atomic mass is 10.1. The van der Waals surface area contributed by atoms with Gasteiger partial charge in [0.05, 0.1) is 31.4 Å². The fraction of sp³-hybridized carbons (Fsp3) is 0.222. The topological polar surface area (TPSA) is 56.3 Å². The van der Waals surface area contributed by atoms with Crippen molar-refractivity contribution in [3.63, 3.8) is 0 Å². The first-order valence-corrected chi connectivity index (χ1v) is 7.41. The molecule has 0 aliphatic heterocycles. The van der Waals surface area contributed by atoms with Crippen LogP contribution in [0.4, 0.5) is 5.82 Å². The van der Waals surface area contributed by atoms with Crippen LogP contribution < -0.4 is 14.8 Å². The lowest BCUT2D eigenvalue weighted by molar-refractivity contribution is 0.355. The van der Waals surface area contributed by atoms with Gasteiger partial charge in [-0.15, -0.1) is 0 Å². The van der Waals surface area contributed by atoms with E-state index in [0.29, 0.717) is 11.5 Å². The summed E-state index contributed by atoms with van der Waals surface area (Å²) in [5.74, 6) is 2.01. The van der Waals surface area contributed by atoms with Gasteiger partial charge in [-0.25, -0.2) is 4.98 Å². The van der Waals surface area contributed by atoms with Crippen molar-refractivity contribution in [3.8, 4) is 11.5 Å². The van der Waals surface area contributed by atoms with Gasteiger partial charge in [0.15, 0.2) is 11.5 Å². The summed E-state index contributed by atoms with van der Waals surface area (Å²) in [4.78, 5) is 9.07. The number of nitrogens with zero attached hydrogens (tertiary/aromatic N) is 2. The molecule has 0 fully saturated rings. The molecule has 5 heteroatoms. The zero-order valence-corrected chi connectivity index (χ0v) is 13.4. The van der Waals surface area contributed by atoms with Crippen LogP contribution in [0, 0.1) is 0 Å². The highest BCUT2D eigenvalue weighted by molar-refractivity contribution is 5.80. The van der Waals surface area contributed by atoms with Crippen molar-refractivity contribution < 1.29 is 9.47 Å². The van der Waals surface area contributed by atoms with Gasteiger partial charge in [0.25, 0.3) is 0 Å². The Morgan fingerprint density at radius 1 is 0.957 bits per heavy atom. The van der Waals surface area contributed by atoms with Gasteiger partial charge < -0.3 is 14.8 Å². The lowest BCUT2D eigenvalue weighted by Gasteiger charge is -2.15. The van der Waals surface area contributed by atoms with Crippen LogP contribution in [-0.2, 0) is 0 Å². The zero-order valence-electron chi connectivity index (χ0n) is 13.4. The Kier molecular flexibility index (Phi) is 4.28. The molecular formula is C18H19N3O2. The number of rotatable bonds is 5. The number of anilines is 1. The first-order valence-electron chi connectivity index (χ1n) is 7.41. The molecule has 0 saturated carbocycles. The quantitative estimate of drug-likeness (QED) is 0.776. The van der Waals surface area contributed by atoms with E-state index in [1.54, 1.807) is 20.4 Å². The molecule has 0 saturated heterocycles. The largest absolute Gasteiger partial charge is 0.493 e. The fourth-order valence-electron chi connectivity index (χ4n) is 2.46. The van der Waals surface area contributed by atoms with E-state index in [0.717, 1.165) is 16.9 Å². The molecule has 1 aromatic heterocycles. The maximum Gasteiger partial charge on any atom is 0.163 e. The average Bonchev–Trinajstić information content (AvgIpc) is 2.61. The van der Waals surface area contributed by atoms with Gasteiger partial charge in [-0.3, -0.25) is 4.98 Å². The number of nitrogens with one attached hydrogen (secondary N) is 1. The molecule has 0 radical (unpaired) electrons. The second-order valence-corrected chi connectivity index (χ2v) is 5.23. The predicted molar refractivity (Wildman–Crippen MR) is 91.1 cm³/mol. The molecule has 0 amide bonds. The van der Waals surface area contributed by atoms with E-state index in [4.69, 9.17) is 9.47 Å². The molecule has 118 valence electrons. The minimum atomic E-state index is 0.142. The van der Waals surface area contributed by atoms with Gasteiger partial charge in [-0.05, 0) is 12.5 Å². The summed E-state index contributed by atoms with van der Waals surface area (Å²) < 4.78 is 10.6. The Labute approximate surface area is 135 Å². The predicted octanol–water partition coefficient (Wildman–Crippen LogP) is 3.82. The molecule has 1 N–H and O–H groups in total. The third kappa shape index (κ3) is 3.18. The highest BCUT2D eigenvalue weighted by Gasteiger charge is 2.10. The van der Waals surface area contributed by atoms with E-state index < -0.39 is 0 Å². The van der Waals surface area contributed by atoms with Gasteiger partial charge in [0.2, 0.25) is 0 Å². The summed E-state index contributed by atoms with van der Waals surface area (Å²) in [7, 11) is 3.21. The third-order valence-corrected chi connectivity index (χ3v) is 3.71. The number of methoxy groups -OCH3 is 2. The van der Waals surface area contributed by atoms with Crippen LogP contribution in [-0.4, -0.2) is 24.2 Å². The SMILES string of the molecule is COc1cc2ncc(NC(C)c3ccccc3)nc2cc1OC. The Morgan fingerprint density at radius 3 is 2.26 bits per heavy atom. The van der Waals surface area contributed by atoms with Gasteiger partial charge in [0.1, 0.15) is 5.82 Å². The highest BCUT2D eigenvalue weighted by atomic mass is 16.5. The first-order chi connectivity index (χ1) is 11.2. The Balaban J connectivity index is 1.90. The second kappa shape index (κ2) is 6.52. The summed E-state index contributed by atoms with van der Waals surface area (Å²) in [6.07, 6.45) is 1.73. The van der Waals surface area contributed by atoms with Crippen LogP contribution in [0.25, 0.3) is 11.0 Å². The zero-order chi connectivity index (χ0) is 16.2. The molecule has 5 nitrogen and oxygen atoms in total. The Morgan fingerprint density at radius 2 is 1.61 bits per heavy atom. The van der Waals surface area contributed by atoms with E-state index in [2.05, 4.69) is 34.3 Å². The van der Waals surface area contributed by atoms with E-state index in [1.807, 2.05) is 30.3 Å². The second-order valence-electron chi connectivity index (χ2n) is 5.23. The van der Waals surface area contributed by atoms with Crippen molar-refractivity contribution in [1.29, 1.82) is 0 Å². The summed E-state index contributed by atoms with van der Waals surface area (Å²) >= 11 is 0. The number of hydrogen-bond donors (Lipinski definition) is 1. The van der Waals surface area contributed by atoms with E-state index in [1.165, 1.54) is 5.56 Å². The number of hydrogen-bond acceptors (Lipinski definition) is 5. The number of benzene rings is 2. The molecular weight excluding hydrogens is 290 g/mol. The van der Waals surface area contributed by atoms with Crippen LogP contribution in [0.1, 0.15) is 18.5 Å². The average molecular weight is 309 g/mol. The molecule has 3 aromatic rings. The molecule has 3 rings (SSSR count). The van der Waals surface area contributed by atoms with Crippen LogP contribution >= 0.6 is 0 Å². The van der Waals surface area contributed by atoms with Crippen molar-refractivity contribution in [2.45, 2.75) is 13.0 Å². The minimum absolute atomic E-state index is 0.142. The number of ether oxygens (including phenoxy) is 2. The summed E-state index contributed by atoms with van der Waals surface area (Å²) in [5, 5.41) is 3.37.